The van der Waals surface area contributed by atoms with Crippen molar-refractivity contribution in [2.45, 2.75) is 25.5 Å². The molecule has 1 amide bonds. The van der Waals surface area contributed by atoms with E-state index in [0.717, 1.165) is 25.0 Å². The summed E-state index contributed by atoms with van der Waals surface area (Å²) < 4.78 is 29.0. The van der Waals surface area contributed by atoms with Crippen LogP contribution in [0.1, 0.15) is 28.8 Å². The van der Waals surface area contributed by atoms with Crippen molar-refractivity contribution < 1.29 is 28.2 Å². The summed E-state index contributed by atoms with van der Waals surface area (Å²) >= 11 is 0. The molecule has 2 aromatic rings. The number of hydrogen-bond acceptors (Lipinski definition) is 5. The van der Waals surface area contributed by atoms with Crippen molar-refractivity contribution in [1.82, 2.24) is 5.32 Å². The number of benzene rings is 2. The van der Waals surface area contributed by atoms with Gasteiger partial charge in [-0.2, -0.15) is 0 Å². The van der Waals surface area contributed by atoms with E-state index in [0.29, 0.717) is 17.9 Å². The van der Waals surface area contributed by atoms with Gasteiger partial charge in [0.15, 0.2) is 6.61 Å². The van der Waals surface area contributed by atoms with Crippen molar-refractivity contribution in [3.63, 3.8) is 0 Å². The zero-order valence-electron chi connectivity index (χ0n) is 15.4. The van der Waals surface area contributed by atoms with Gasteiger partial charge >= 0.3 is 5.97 Å². The van der Waals surface area contributed by atoms with E-state index >= 15 is 0 Å². The Hall–Kier alpha value is -2.93. The monoisotopic (exact) mass is 387 g/mol. The first-order valence-corrected chi connectivity index (χ1v) is 9.13. The van der Waals surface area contributed by atoms with E-state index in [4.69, 9.17) is 14.2 Å². The van der Waals surface area contributed by atoms with Gasteiger partial charge in [0.25, 0.3) is 5.91 Å². The molecule has 6 nitrogen and oxygen atoms in total. The average Bonchev–Trinajstić information content (AvgIpc) is 3.24. The molecule has 0 saturated carbocycles. The van der Waals surface area contributed by atoms with Crippen molar-refractivity contribution in [3.05, 3.63) is 65.5 Å². The minimum Gasteiger partial charge on any atom is -0.491 e. The molecular formula is C21H22FNO5. The van der Waals surface area contributed by atoms with E-state index in [1.807, 2.05) is 0 Å². The predicted molar refractivity (Wildman–Crippen MR) is 99.4 cm³/mol. The fourth-order valence-corrected chi connectivity index (χ4v) is 2.72. The van der Waals surface area contributed by atoms with Crippen LogP contribution in [0.25, 0.3) is 0 Å². The third-order valence-corrected chi connectivity index (χ3v) is 4.29. The molecule has 0 bridgehead atoms. The largest absolute Gasteiger partial charge is 0.491 e. The molecule has 0 radical (unpaired) electrons. The van der Waals surface area contributed by atoms with Crippen molar-refractivity contribution in [3.8, 4) is 5.75 Å². The number of ether oxygens (including phenoxy) is 3. The molecule has 7 heteroatoms. The number of halogens is 1. The number of esters is 1. The molecule has 1 heterocycles. The second kappa shape index (κ2) is 9.85. The molecule has 1 atom stereocenters. The average molecular weight is 387 g/mol. The minimum atomic E-state index is -0.595. The highest BCUT2D eigenvalue weighted by Crippen LogP contribution is 2.17. The lowest BCUT2D eigenvalue weighted by molar-refractivity contribution is -0.124. The van der Waals surface area contributed by atoms with Gasteiger partial charge in [0.1, 0.15) is 18.2 Å². The van der Waals surface area contributed by atoms with Crippen LogP contribution in [0, 0.1) is 5.82 Å². The summed E-state index contributed by atoms with van der Waals surface area (Å²) in [6.07, 6.45) is 2.17. The zero-order valence-corrected chi connectivity index (χ0v) is 15.4. The van der Waals surface area contributed by atoms with Crippen LogP contribution in [0.2, 0.25) is 0 Å². The second-order valence-electron chi connectivity index (χ2n) is 6.45. The molecule has 0 aromatic heterocycles. The number of rotatable bonds is 8. The molecular weight excluding hydrogens is 365 g/mol. The lowest BCUT2D eigenvalue weighted by Gasteiger charge is -2.11. The van der Waals surface area contributed by atoms with Gasteiger partial charge in [-0.1, -0.05) is 12.1 Å². The molecule has 0 aliphatic carbocycles. The SMILES string of the molecule is O=C(COC(=O)c1ccc(OC[C@H]2CCCO2)cc1)NCc1ccc(F)cc1. The Morgan fingerprint density at radius 1 is 1.11 bits per heavy atom. The molecule has 2 aromatic carbocycles. The third kappa shape index (κ3) is 6.06. The van der Waals surface area contributed by atoms with Crippen LogP contribution in [0.3, 0.4) is 0 Å². The lowest BCUT2D eigenvalue weighted by Crippen LogP contribution is -2.28. The fourth-order valence-electron chi connectivity index (χ4n) is 2.72. The van der Waals surface area contributed by atoms with Crippen LogP contribution in [-0.4, -0.2) is 37.8 Å². The maximum Gasteiger partial charge on any atom is 0.338 e. The van der Waals surface area contributed by atoms with Crippen LogP contribution in [0.4, 0.5) is 4.39 Å². The molecule has 0 unspecified atom stereocenters. The summed E-state index contributed by atoms with van der Waals surface area (Å²) in [7, 11) is 0. The van der Waals surface area contributed by atoms with Crippen molar-refractivity contribution in [2.75, 3.05) is 19.8 Å². The molecule has 1 aliphatic heterocycles. The molecule has 1 aliphatic rings. The Balaban J connectivity index is 1.38. The van der Waals surface area contributed by atoms with Gasteiger partial charge in [0.05, 0.1) is 11.7 Å². The quantitative estimate of drug-likeness (QED) is 0.705. The second-order valence-corrected chi connectivity index (χ2v) is 6.45. The van der Waals surface area contributed by atoms with Gasteiger partial charge in [-0.05, 0) is 54.8 Å². The van der Waals surface area contributed by atoms with Crippen molar-refractivity contribution in [1.29, 1.82) is 0 Å². The van der Waals surface area contributed by atoms with E-state index in [-0.39, 0.29) is 18.5 Å². The van der Waals surface area contributed by atoms with Gasteiger partial charge in [0.2, 0.25) is 0 Å². The topological polar surface area (TPSA) is 73.9 Å². The maximum absolute atomic E-state index is 12.8. The molecule has 148 valence electrons. The highest BCUT2D eigenvalue weighted by Gasteiger charge is 2.16. The van der Waals surface area contributed by atoms with Gasteiger partial charge in [-0.3, -0.25) is 4.79 Å². The van der Waals surface area contributed by atoms with Crippen LogP contribution in [-0.2, 0) is 20.8 Å². The summed E-state index contributed by atoms with van der Waals surface area (Å²) in [6.45, 7) is 1.10. The van der Waals surface area contributed by atoms with Crippen LogP contribution >= 0.6 is 0 Å². The number of carbonyl (C=O) groups excluding carboxylic acids is 2. The molecule has 3 rings (SSSR count). The fraction of sp³-hybridized carbons (Fsp3) is 0.333. The number of amides is 1. The minimum absolute atomic E-state index is 0.123. The Labute approximate surface area is 162 Å². The van der Waals surface area contributed by atoms with E-state index in [1.165, 1.54) is 12.1 Å². The predicted octanol–water partition coefficient (Wildman–Crippen LogP) is 2.86. The summed E-state index contributed by atoms with van der Waals surface area (Å²) in [6, 6.07) is 12.3. The van der Waals surface area contributed by atoms with E-state index in [1.54, 1.807) is 36.4 Å². The molecule has 0 spiro atoms. The molecule has 1 fully saturated rings. The maximum atomic E-state index is 12.8. The standard InChI is InChI=1S/C21H22FNO5/c22-17-7-3-15(4-8-17)12-23-20(24)14-28-21(25)16-5-9-18(10-6-16)27-13-19-2-1-11-26-19/h3-10,19H,1-2,11-14H2,(H,23,24)/t19-/m1/s1. The summed E-state index contributed by atoms with van der Waals surface area (Å²) in [4.78, 5) is 23.8. The van der Waals surface area contributed by atoms with Crippen LogP contribution in [0.15, 0.2) is 48.5 Å². The highest BCUT2D eigenvalue weighted by molar-refractivity contribution is 5.91. The first-order chi connectivity index (χ1) is 13.6. The van der Waals surface area contributed by atoms with Crippen molar-refractivity contribution in [2.24, 2.45) is 0 Å². The third-order valence-electron chi connectivity index (χ3n) is 4.29. The van der Waals surface area contributed by atoms with Gasteiger partial charge in [-0.25, -0.2) is 9.18 Å². The number of carbonyl (C=O) groups is 2. The Bertz CT molecular complexity index is 785. The Morgan fingerprint density at radius 3 is 2.54 bits per heavy atom. The lowest BCUT2D eigenvalue weighted by atomic mass is 10.2. The number of hydrogen-bond donors (Lipinski definition) is 1. The Kier molecular flexibility index (Phi) is 6.97. The summed E-state index contributed by atoms with van der Waals surface area (Å²) in [5, 5.41) is 2.61. The highest BCUT2D eigenvalue weighted by atomic mass is 19.1. The zero-order chi connectivity index (χ0) is 19.8. The first-order valence-electron chi connectivity index (χ1n) is 9.13. The van der Waals surface area contributed by atoms with E-state index in [2.05, 4.69) is 5.32 Å². The first kappa shape index (κ1) is 19.8. The van der Waals surface area contributed by atoms with Gasteiger partial charge in [-0.15, -0.1) is 0 Å². The van der Waals surface area contributed by atoms with Crippen LogP contribution in [0.5, 0.6) is 5.75 Å². The molecule has 1 N–H and O–H groups in total. The summed E-state index contributed by atoms with van der Waals surface area (Å²) in [5.41, 5.74) is 1.08. The number of nitrogens with one attached hydrogen (secondary N) is 1. The smallest absolute Gasteiger partial charge is 0.338 e. The van der Waals surface area contributed by atoms with Gasteiger partial charge < -0.3 is 19.5 Å². The van der Waals surface area contributed by atoms with E-state index in [9.17, 15) is 14.0 Å². The normalized spacial score (nSPS) is 15.8. The van der Waals surface area contributed by atoms with Gasteiger partial charge in [0, 0.05) is 13.2 Å². The van der Waals surface area contributed by atoms with E-state index < -0.39 is 18.5 Å². The molecule has 1 saturated heterocycles. The molecule has 28 heavy (non-hydrogen) atoms. The van der Waals surface area contributed by atoms with Crippen molar-refractivity contribution >= 4 is 11.9 Å². The Morgan fingerprint density at radius 2 is 1.86 bits per heavy atom. The summed E-state index contributed by atoms with van der Waals surface area (Å²) in [5.74, 6) is -0.729. The van der Waals surface area contributed by atoms with Crippen LogP contribution < -0.4 is 10.1 Å².